The van der Waals surface area contributed by atoms with Crippen molar-refractivity contribution >= 4 is 22.7 Å². The Bertz CT molecular complexity index is 504. The zero-order valence-electron chi connectivity index (χ0n) is 8.67. The number of ether oxygens (including phenoxy) is 1. The van der Waals surface area contributed by atoms with Crippen LogP contribution < -0.4 is 5.73 Å². The molecular weight excluding hydrogens is 255 g/mol. The van der Waals surface area contributed by atoms with Crippen LogP contribution in [0.1, 0.15) is 17.4 Å². The summed E-state index contributed by atoms with van der Waals surface area (Å²) in [4.78, 5) is 11.5. The molecule has 0 aliphatic carbocycles. The molecule has 1 aliphatic heterocycles. The predicted molar refractivity (Wildman–Crippen MR) is 56.0 cm³/mol. The summed E-state index contributed by atoms with van der Waals surface area (Å²) in [6.07, 6.45) is -5.33. The minimum Gasteiger partial charge on any atom is -0.467 e. The van der Waals surface area contributed by atoms with Gasteiger partial charge in [0.25, 0.3) is 0 Å². The summed E-state index contributed by atoms with van der Waals surface area (Å²) < 4.78 is 43.0. The summed E-state index contributed by atoms with van der Waals surface area (Å²) >= 11 is 0.825. The number of carbonyl (C=O) groups is 1. The van der Waals surface area contributed by atoms with Crippen LogP contribution in [-0.4, -0.2) is 11.9 Å². The van der Waals surface area contributed by atoms with E-state index in [1.54, 1.807) is 0 Å². The quantitative estimate of drug-likeness (QED) is 0.846. The highest BCUT2D eigenvalue weighted by molar-refractivity contribution is 7.11. The number of ketones is 1. The Kier molecular flexibility index (Phi) is 2.65. The number of carbonyl (C=O) groups excluding carboxylic acids is 1. The van der Waals surface area contributed by atoms with Gasteiger partial charge in [0, 0.05) is 0 Å². The number of Topliss-reactive ketones (excluding diaryl/α,β-unsaturated/α-hetero) is 1. The first kappa shape index (κ1) is 12.0. The highest BCUT2D eigenvalue weighted by atomic mass is 32.1. The molecule has 2 heterocycles. The molecular formula is C10H8F3NO2S. The van der Waals surface area contributed by atoms with Gasteiger partial charge in [-0.3, -0.25) is 4.79 Å². The van der Waals surface area contributed by atoms with E-state index in [9.17, 15) is 18.0 Å². The third kappa shape index (κ3) is 1.90. The maximum atomic E-state index is 12.7. The van der Waals surface area contributed by atoms with Gasteiger partial charge in [0.1, 0.15) is 0 Å². The van der Waals surface area contributed by atoms with Gasteiger partial charge in [-0.15, -0.1) is 11.3 Å². The van der Waals surface area contributed by atoms with Crippen molar-refractivity contribution in [3.05, 3.63) is 27.8 Å². The molecule has 1 atom stereocenters. The third-order valence-corrected chi connectivity index (χ3v) is 3.30. The lowest BCUT2D eigenvalue weighted by atomic mass is 10.1. The van der Waals surface area contributed by atoms with E-state index in [2.05, 4.69) is 0 Å². The minimum absolute atomic E-state index is 0.167. The Morgan fingerprint density at radius 3 is 2.59 bits per heavy atom. The summed E-state index contributed by atoms with van der Waals surface area (Å²) in [5, 5.41) is 1.27. The fourth-order valence-corrected chi connectivity index (χ4v) is 2.55. The van der Waals surface area contributed by atoms with Gasteiger partial charge in [0.2, 0.25) is 5.78 Å². The highest BCUT2D eigenvalue weighted by Gasteiger charge is 2.40. The van der Waals surface area contributed by atoms with Gasteiger partial charge in [-0.05, 0) is 18.4 Å². The molecule has 0 saturated heterocycles. The molecule has 1 unspecified atom stereocenters. The fourth-order valence-electron chi connectivity index (χ4n) is 1.58. The molecule has 1 aromatic heterocycles. The van der Waals surface area contributed by atoms with E-state index >= 15 is 0 Å². The lowest BCUT2D eigenvalue weighted by Crippen LogP contribution is -2.14. The second-order valence-corrected chi connectivity index (χ2v) is 4.44. The molecule has 0 fully saturated rings. The summed E-state index contributed by atoms with van der Waals surface area (Å²) in [5.74, 6) is -0.758. The Morgan fingerprint density at radius 2 is 2.12 bits per heavy atom. The molecule has 0 spiro atoms. The number of hydrogen-bond donors (Lipinski definition) is 1. The largest absolute Gasteiger partial charge is 0.467 e. The minimum atomic E-state index is -4.51. The molecule has 0 bridgehead atoms. The molecule has 17 heavy (non-hydrogen) atoms. The Morgan fingerprint density at radius 1 is 1.47 bits per heavy atom. The predicted octanol–water partition coefficient (Wildman–Crippen LogP) is 2.38. The molecule has 0 aromatic carbocycles. The van der Waals surface area contributed by atoms with Crippen molar-refractivity contribution in [2.24, 2.45) is 5.73 Å². The van der Waals surface area contributed by atoms with Crippen molar-refractivity contribution in [2.45, 2.75) is 19.2 Å². The van der Waals surface area contributed by atoms with Crippen LogP contribution in [0, 0.1) is 0 Å². The van der Waals surface area contributed by atoms with Crippen molar-refractivity contribution in [1.29, 1.82) is 0 Å². The molecule has 1 aromatic rings. The molecule has 2 rings (SSSR count). The van der Waals surface area contributed by atoms with Crippen molar-refractivity contribution in [3.8, 4) is 0 Å². The van der Waals surface area contributed by atoms with Crippen LogP contribution >= 0.6 is 11.3 Å². The van der Waals surface area contributed by atoms with E-state index < -0.39 is 23.6 Å². The van der Waals surface area contributed by atoms with Gasteiger partial charge in [-0.2, -0.15) is 13.2 Å². The zero-order valence-corrected chi connectivity index (χ0v) is 9.48. The van der Waals surface area contributed by atoms with Crippen molar-refractivity contribution in [1.82, 2.24) is 0 Å². The summed E-state index contributed by atoms with van der Waals surface area (Å²) in [6.45, 7) is 1.45. The van der Waals surface area contributed by atoms with E-state index in [0.717, 1.165) is 17.4 Å². The Balaban J connectivity index is 2.53. The molecule has 0 radical (unpaired) electrons. The standard InChI is InChI=1S/C10H8F3NO2S/c1-4-7(15)6(9(14)16-4)8-5(2-3-17-8)10(11,12)13/h2-4H,14H2,1H3. The zero-order chi connectivity index (χ0) is 12.8. The smallest absolute Gasteiger partial charge is 0.417 e. The van der Waals surface area contributed by atoms with E-state index in [1.807, 2.05) is 0 Å². The van der Waals surface area contributed by atoms with Crippen LogP contribution in [0.15, 0.2) is 17.3 Å². The van der Waals surface area contributed by atoms with Gasteiger partial charge in [0.15, 0.2) is 12.0 Å². The topological polar surface area (TPSA) is 52.3 Å². The SMILES string of the molecule is CC1OC(N)=C(c2sccc2C(F)(F)F)C1=O. The van der Waals surface area contributed by atoms with Crippen LogP contribution in [0.2, 0.25) is 0 Å². The average molecular weight is 263 g/mol. The molecule has 7 heteroatoms. The molecule has 92 valence electrons. The lowest BCUT2D eigenvalue weighted by Gasteiger charge is -2.07. The van der Waals surface area contributed by atoms with Crippen LogP contribution in [0.25, 0.3) is 5.57 Å². The number of thiophene rings is 1. The van der Waals surface area contributed by atoms with Gasteiger partial charge in [-0.1, -0.05) is 0 Å². The maximum absolute atomic E-state index is 12.7. The summed E-state index contributed by atoms with van der Waals surface area (Å²) in [6, 6.07) is 0.927. The van der Waals surface area contributed by atoms with Crippen molar-refractivity contribution in [2.75, 3.05) is 0 Å². The van der Waals surface area contributed by atoms with Gasteiger partial charge >= 0.3 is 6.18 Å². The normalized spacial score (nSPS) is 20.9. The van der Waals surface area contributed by atoms with E-state index in [0.29, 0.717) is 0 Å². The van der Waals surface area contributed by atoms with Gasteiger partial charge < -0.3 is 10.5 Å². The third-order valence-electron chi connectivity index (χ3n) is 2.36. The highest BCUT2D eigenvalue weighted by Crippen LogP contribution is 2.41. The van der Waals surface area contributed by atoms with Gasteiger partial charge in [-0.25, -0.2) is 0 Å². The molecule has 0 amide bonds. The van der Waals surface area contributed by atoms with Crippen LogP contribution in [0.4, 0.5) is 13.2 Å². The molecule has 1 aliphatic rings. The van der Waals surface area contributed by atoms with Crippen molar-refractivity contribution < 1.29 is 22.7 Å². The summed E-state index contributed by atoms with van der Waals surface area (Å²) in [5.41, 5.74) is 4.42. The first-order chi connectivity index (χ1) is 7.82. The fraction of sp³-hybridized carbons (Fsp3) is 0.300. The number of nitrogens with two attached hydrogens (primary N) is 1. The number of alkyl halides is 3. The monoisotopic (exact) mass is 263 g/mol. The Labute approximate surface area is 98.7 Å². The first-order valence-corrected chi connectivity index (χ1v) is 5.56. The number of hydrogen-bond acceptors (Lipinski definition) is 4. The van der Waals surface area contributed by atoms with Crippen LogP contribution in [0.5, 0.6) is 0 Å². The average Bonchev–Trinajstić information content (AvgIpc) is 2.73. The van der Waals surface area contributed by atoms with Crippen molar-refractivity contribution in [3.63, 3.8) is 0 Å². The van der Waals surface area contributed by atoms with E-state index in [1.165, 1.54) is 12.3 Å². The van der Waals surface area contributed by atoms with Gasteiger partial charge in [0.05, 0.1) is 16.0 Å². The van der Waals surface area contributed by atoms with Crippen LogP contribution in [-0.2, 0) is 15.7 Å². The Hall–Kier alpha value is -1.50. The molecule has 2 N–H and O–H groups in total. The van der Waals surface area contributed by atoms with E-state index in [-0.39, 0.29) is 16.3 Å². The lowest BCUT2D eigenvalue weighted by molar-refractivity contribution is -0.137. The first-order valence-electron chi connectivity index (χ1n) is 4.68. The summed E-state index contributed by atoms with van der Waals surface area (Å²) in [7, 11) is 0. The second-order valence-electron chi connectivity index (χ2n) is 3.52. The maximum Gasteiger partial charge on any atom is 0.417 e. The van der Waals surface area contributed by atoms with E-state index in [4.69, 9.17) is 10.5 Å². The molecule has 0 saturated carbocycles. The molecule has 3 nitrogen and oxygen atoms in total. The number of halogens is 3. The van der Waals surface area contributed by atoms with Crippen LogP contribution in [0.3, 0.4) is 0 Å². The second kappa shape index (κ2) is 3.76. The number of rotatable bonds is 1.